The molecule has 7 heteroatoms. The van der Waals surface area contributed by atoms with Gasteiger partial charge >= 0.3 is 5.97 Å². The van der Waals surface area contributed by atoms with Crippen LogP contribution in [-0.4, -0.2) is 25.1 Å². The lowest BCUT2D eigenvalue weighted by Gasteiger charge is -2.14. The molecule has 0 saturated heterocycles. The Hall–Kier alpha value is -2.41. The largest absolute Gasteiger partial charge is 0.496 e. The number of hydrogen-bond donors (Lipinski definition) is 1. The highest BCUT2D eigenvalue weighted by Gasteiger charge is 2.19. The van der Waals surface area contributed by atoms with Gasteiger partial charge in [-0.3, -0.25) is 4.79 Å². The van der Waals surface area contributed by atoms with Crippen molar-refractivity contribution in [3.05, 3.63) is 63.9 Å². The molecule has 0 heterocycles. The summed E-state index contributed by atoms with van der Waals surface area (Å²) in [4.78, 5) is 24.1. The number of ether oxygens (including phenoxy) is 2. The average molecular weight is 410 g/mol. The predicted octanol–water partition coefficient (Wildman–Crippen LogP) is 3.46. The molecule has 0 saturated carbocycles. The molecule has 5 nitrogen and oxygen atoms in total. The number of halogens is 2. The van der Waals surface area contributed by atoms with Crippen molar-refractivity contribution in [3.8, 4) is 5.75 Å². The zero-order valence-corrected chi connectivity index (χ0v) is 15.3. The third-order valence-corrected chi connectivity index (χ3v) is 4.04. The summed E-state index contributed by atoms with van der Waals surface area (Å²) in [5, 5.41) is 2.64. The molecule has 1 amide bonds. The summed E-state index contributed by atoms with van der Waals surface area (Å²) in [6.07, 6.45) is -0.964. The number of hydrogen-bond acceptors (Lipinski definition) is 4. The number of carbonyl (C=O) groups excluding carboxylic acids is 2. The molecule has 0 spiro atoms. The average Bonchev–Trinajstić information content (AvgIpc) is 2.60. The Bertz CT molecular complexity index is 764. The Labute approximate surface area is 153 Å². The SMILES string of the molecule is COc1ccc(C(=O)O[C@@H](C)C(=O)NCc2ccc(F)cc2)cc1Br. The van der Waals surface area contributed by atoms with Gasteiger partial charge in [0.05, 0.1) is 17.1 Å². The van der Waals surface area contributed by atoms with Crippen LogP contribution in [0.3, 0.4) is 0 Å². The molecule has 0 fully saturated rings. The predicted molar refractivity (Wildman–Crippen MR) is 93.8 cm³/mol. The van der Waals surface area contributed by atoms with Gasteiger partial charge in [0.25, 0.3) is 5.91 Å². The first kappa shape index (κ1) is 18.9. The van der Waals surface area contributed by atoms with Crippen molar-refractivity contribution in [1.29, 1.82) is 0 Å². The van der Waals surface area contributed by atoms with E-state index in [1.807, 2.05) is 0 Å². The zero-order chi connectivity index (χ0) is 18.4. The van der Waals surface area contributed by atoms with E-state index >= 15 is 0 Å². The van der Waals surface area contributed by atoms with E-state index in [9.17, 15) is 14.0 Å². The first-order chi connectivity index (χ1) is 11.9. The van der Waals surface area contributed by atoms with E-state index in [1.165, 1.54) is 26.2 Å². The summed E-state index contributed by atoms with van der Waals surface area (Å²) in [5.41, 5.74) is 1.04. The van der Waals surface area contributed by atoms with Crippen molar-refractivity contribution in [2.24, 2.45) is 0 Å². The number of methoxy groups -OCH3 is 1. The molecule has 1 N–H and O–H groups in total. The molecule has 0 aliphatic heterocycles. The van der Waals surface area contributed by atoms with Gasteiger partial charge in [0.15, 0.2) is 6.10 Å². The van der Waals surface area contributed by atoms with Gasteiger partial charge in [0.2, 0.25) is 0 Å². The van der Waals surface area contributed by atoms with Crippen LogP contribution < -0.4 is 10.1 Å². The molecular weight excluding hydrogens is 393 g/mol. The highest BCUT2D eigenvalue weighted by atomic mass is 79.9. The third kappa shape index (κ3) is 5.29. The van der Waals surface area contributed by atoms with Crippen molar-refractivity contribution in [2.45, 2.75) is 19.6 Å². The molecule has 0 aliphatic carbocycles. The maximum absolute atomic E-state index is 12.8. The van der Waals surface area contributed by atoms with Crippen LogP contribution in [0.5, 0.6) is 5.75 Å². The minimum atomic E-state index is -0.964. The summed E-state index contributed by atoms with van der Waals surface area (Å²) in [6, 6.07) is 10.5. The molecule has 0 bridgehead atoms. The van der Waals surface area contributed by atoms with Gasteiger partial charge in [-0.2, -0.15) is 0 Å². The Balaban J connectivity index is 1.90. The fourth-order valence-corrected chi connectivity index (χ4v) is 2.55. The standard InChI is InChI=1S/C18H17BrFNO4/c1-11(17(22)21-10-12-3-6-14(20)7-4-12)25-18(23)13-5-8-16(24-2)15(19)9-13/h3-9,11H,10H2,1-2H3,(H,21,22)/t11-/m0/s1. The summed E-state index contributed by atoms with van der Waals surface area (Å²) in [6.45, 7) is 1.70. The van der Waals surface area contributed by atoms with Gasteiger partial charge in [-0.05, 0) is 58.7 Å². The molecule has 0 aromatic heterocycles. The molecule has 0 unspecified atom stereocenters. The van der Waals surface area contributed by atoms with Gasteiger partial charge in [-0.1, -0.05) is 12.1 Å². The summed E-state index contributed by atoms with van der Waals surface area (Å²) in [7, 11) is 1.52. The Morgan fingerprint density at radius 3 is 2.48 bits per heavy atom. The Morgan fingerprint density at radius 1 is 1.20 bits per heavy atom. The summed E-state index contributed by atoms with van der Waals surface area (Å²) < 4.78 is 23.7. The van der Waals surface area contributed by atoms with E-state index in [0.717, 1.165) is 5.56 Å². The summed E-state index contributed by atoms with van der Waals surface area (Å²) >= 11 is 3.29. The van der Waals surface area contributed by atoms with Crippen LogP contribution in [0.1, 0.15) is 22.8 Å². The van der Waals surface area contributed by atoms with Gasteiger partial charge in [0.1, 0.15) is 11.6 Å². The maximum atomic E-state index is 12.8. The van der Waals surface area contributed by atoms with Crippen LogP contribution in [0, 0.1) is 5.82 Å². The van der Waals surface area contributed by atoms with Crippen LogP contribution in [0.4, 0.5) is 4.39 Å². The van der Waals surface area contributed by atoms with Gasteiger partial charge in [-0.15, -0.1) is 0 Å². The van der Waals surface area contributed by atoms with Crippen molar-refractivity contribution in [2.75, 3.05) is 7.11 Å². The fourth-order valence-electron chi connectivity index (χ4n) is 2.01. The van der Waals surface area contributed by atoms with E-state index in [1.54, 1.807) is 30.3 Å². The van der Waals surface area contributed by atoms with Gasteiger partial charge in [0, 0.05) is 6.54 Å². The highest BCUT2D eigenvalue weighted by Crippen LogP contribution is 2.25. The molecule has 132 valence electrons. The van der Waals surface area contributed by atoms with E-state index in [4.69, 9.17) is 9.47 Å². The molecule has 0 aliphatic rings. The second kappa shape index (κ2) is 8.62. The van der Waals surface area contributed by atoms with Crippen LogP contribution in [0.15, 0.2) is 46.9 Å². The highest BCUT2D eigenvalue weighted by molar-refractivity contribution is 9.10. The zero-order valence-electron chi connectivity index (χ0n) is 13.7. The second-order valence-electron chi connectivity index (χ2n) is 5.24. The van der Waals surface area contributed by atoms with Crippen molar-refractivity contribution >= 4 is 27.8 Å². The first-order valence-corrected chi connectivity index (χ1v) is 8.26. The number of benzene rings is 2. The van der Waals surface area contributed by atoms with E-state index in [-0.39, 0.29) is 12.4 Å². The molecule has 25 heavy (non-hydrogen) atoms. The van der Waals surface area contributed by atoms with Crippen LogP contribution in [-0.2, 0) is 16.1 Å². The lowest BCUT2D eigenvalue weighted by molar-refractivity contribution is -0.129. The Morgan fingerprint density at radius 2 is 1.88 bits per heavy atom. The lowest BCUT2D eigenvalue weighted by atomic mass is 10.2. The van der Waals surface area contributed by atoms with Crippen molar-refractivity contribution in [1.82, 2.24) is 5.32 Å². The molecular formula is C18H17BrFNO4. The van der Waals surface area contributed by atoms with Crippen LogP contribution in [0.25, 0.3) is 0 Å². The van der Waals surface area contributed by atoms with E-state index in [2.05, 4.69) is 21.2 Å². The van der Waals surface area contributed by atoms with Crippen LogP contribution >= 0.6 is 15.9 Å². The van der Waals surface area contributed by atoms with Crippen molar-refractivity contribution < 1.29 is 23.5 Å². The Kier molecular flexibility index (Phi) is 6.52. The second-order valence-corrected chi connectivity index (χ2v) is 6.10. The number of amides is 1. The topological polar surface area (TPSA) is 64.6 Å². The minimum Gasteiger partial charge on any atom is -0.496 e. The molecule has 0 radical (unpaired) electrons. The first-order valence-electron chi connectivity index (χ1n) is 7.47. The van der Waals surface area contributed by atoms with Crippen LogP contribution in [0.2, 0.25) is 0 Å². The van der Waals surface area contributed by atoms with Gasteiger partial charge < -0.3 is 14.8 Å². The third-order valence-electron chi connectivity index (χ3n) is 3.42. The van der Waals surface area contributed by atoms with Gasteiger partial charge in [-0.25, -0.2) is 9.18 Å². The molecule has 2 aromatic rings. The normalized spacial score (nSPS) is 11.5. The number of rotatable bonds is 6. The number of nitrogens with one attached hydrogen (secondary N) is 1. The molecule has 2 aromatic carbocycles. The molecule has 2 rings (SSSR count). The quantitative estimate of drug-likeness (QED) is 0.741. The minimum absolute atomic E-state index is 0.217. The van der Waals surface area contributed by atoms with Crippen molar-refractivity contribution in [3.63, 3.8) is 0 Å². The smallest absolute Gasteiger partial charge is 0.338 e. The summed E-state index contributed by atoms with van der Waals surface area (Å²) in [5.74, 6) is -0.817. The molecule has 1 atom stereocenters. The number of carbonyl (C=O) groups is 2. The van der Waals surface area contributed by atoms with E-state index < -0.39 is 18.0 Å². The lowest BCUT2D eigenvalue weighted by Crippen LogP contribution is -2.35. The fraction of sp³-hybridized carbons (Fsp3) is 0.222. The number of esters is 1. The monoisotopic (exact) mass is 409 g/mol. The maximum Gasteiger partial charge on any atom is 0.338 e. The van der Waals surface area contributed by atoms with E-state index in [0.29, 0.717) is 15.8 Å².